The topological polar surface area (TPSA) is 38.7 Å². The van der Waals surface area contributed by atoms with Crippen LogP contribution >= 0.6 is 0 Å². The number of pyridine rings is 1. The van der Waals surface area contributed by atoms with Crippen molar-refractivity contribution in [3.63, 3.8) is 0 Å². The van der Waals surface area contributed by atoms with Crippen LogP contribution in [0.2, 0.25) is 0 Å². The van der Waals surface area contributed by atoms with Crippen LogP contribution in [0.3, 0.4) is 0 Å². The van der Waals surface area contributed by atoms with E-state index < -0.39 is 0 Å². The van der Waals surface area contributed by atoms with Gasteiger partial charge in [0.05, 0.1) is 11.4 Å². The smallest absolute Gasteiger partial charge is 0.161 e. The minimum Gasteiger partial charge on any atom is -0.264 e. The average molecular weight is 686 g/mol. The minimum atomic E-state index is 0.700. The van der Waals surface area contributed by atoms with Gasteiger partial charge in [-0.25, -0.2) is 9.97 Å². The van der Waals surface area contributed by atoms with E-state index in [-0.39, 0.29) is 0 Å². The summed E-state index contributed by atoms with van der Waals surface area (Å²) in [6.45, 7) is 0. The molecular formula is C51H31N3. The van der Waals surface area contributed by atoms with Crippen molar-refractivity contribution in [1.82, 2.24) is 15.0 Å². The Kier molecular flexibility index (Phi) is 6.86. The van der Waals surface area contributed by atoms with E-state index in [1.165, 1.54) is 59.6 Å². The molecule has 0 atom stereocenters. The Labute approximate surface area is 312 Å². The number of hydrogen-bond donors (Lipinski definition) is 0. The number of fused-ring (bicyclic) bond motifs is 3. The van der Waals surface area contributed by atoms with E-state index in [4.69, 9.17) is 9.97 Å². The molecule has 0 saturated carbocycles. The molecule has 11 aromatic rings. The first kappa shape index (κ1) is 30.4. The van der Waals surface area contributed by atoms with E-state index in [0.717, 1.165) is 44.6 Å². The van der Waals surface area contributed by atoms with Crippen molar-refractivity contribution >= 4 is 53.9 Å². The molecule has 0 aliphatic carbocycles. The Bertz CT molecular complexity index is 3190. The Morgan fingerprint density at radius 2 is 0.963 bits per heavy atom. The minimum absolute atomic E-state index is 0.700. The van der Waals surface area contributed by atoms with Crippen molar-refractivity contribution in [3.05, 3.63) is 188 Å². The molecule has 0 unspecified atom stereocenters. The summed E-state index contributed by atoms with van der Waals surface area (Å²) in [6.07, 6.45) is 3.73. The molecule has 2 heterocycles. The number of rotatable bonds is 5. The van der Waals surface area contributed by atoms with Gasteiger partial charge in [0.2, 0.25) is 0 Å². The fourth-order valence-corrected chi connectivity index (χ4v) is 8.38. The van der Waals surface area contributed by atoms with E-state index in [1.807, 2.05) is 18.5 Å². The molecule has 0 amide bonds. The molecule has 0 aliphatic rings. The van der Waals surface area contributed by atoms with Crippen LogP contribution in [-0.2, 0) is 0 Å². The van der Waals surface area contributed by atoms with Crippen LogP contribution in [0.15, 0.2) is 188 Å². The van der Waals surface area contributed by atoms with Crippen LogP contribution in [0.5, 0.6) is 0 Å². The highest BCUT2D eigenvalue weighted by Crippen LogP contribution is 2.41. The monoisotopic (exact) mass is 685 g/mol. The van der Waals surface area contributed by atoms with Gasteiger partial charge in [0.15, 0.2) is 5.82 Å². The van der Waals surface area contributed by atoms with Gasteiger partial charge in [0.1, 0.15) is 0 Å². The average Bonchev–Trinajstić information content (AvgIpc) is 3.25. The molecule has 9 aromatic carbocycles. The molecule has 0 fully saturated rings. The van der Waals surface area contributed by atoms with Crippen molar-refractivity contribution in [2.45, 2.75) is 0 Å². The Hall–Kier alpha value is -7.23. The van der Waals surface area contributed by atoms with Gasteiger partial charge in [0.25, 0.3) is 0 Å². The van der Waals surface area contributed by atoms with Gasteiger partial charge in [-0.3, -0.25) is 4.98 Å². The third-order valence-electron chi connectivity index (χ3n) is 10.9. The van der Waals surface area contributed by atoms with Crippen LogP contribution in [0.1, 0.15) is 0 Å². The van der Waals surface area contributed by atoms with Crippen molar-refractivity contribution in [1.29, 1.82) is 0 Å². The van der Waals surface area contributed by atoms with E-state index in [1.54, 1.807) is 0 Å². The first-order valence-electron chi connectivity index (χ1n) is 18.3. The largest absolute Gasteiger partial charge is 0.264 e. The summed E-state index contributed by atoms with van der Waals surface area (Å²) in [6, 6.07) is 63.0. The maximum atomic E-state index is 5.36. The third kappa shape index (κ3) is 4.87. The lowest BCUT2D eigenvalue weighted by Crippen LogP contribution is -1.98. The summed E-state index contributed by atoms with van der Waals surface area (Å²) in [7, 11) is 0. The second-order valence-electron chi connectivity index (χ2n) is 14.0. The van der Waals surface area contributed by atoms with Gasteiger partial charge >= 0.3 is 0 Å². The molecule has 0 bridgehead atoms. The van der Waals surface area contributed by atoms with Gasteiger partial charge in [-0.1, -0.05) is 152 Å². The first-order valence-corrected chi connectivity index (χ1v) is 18.3. The summed E-state index contributed by atoms with van der Waals surface area (Å²) in [5, 5.41) is 12.4. The van der Waals surface area contributed by atoms with Crippen molar-refractivity contribution in [3.8, 4) is 56.2 Å². The summed E-state index contributed by atoms with van der Waals surface area (Å²) >= 11 is 0. The number of hydrogen-bond acceptors (Lipinski definition) is 3. The lowest BCUT2D eigenvalue weighted by atomic mass is 9.91. The van der Waals surface area contributed by atoms with Gasteiger partial charge in [-0.15, -0.1) is 0 Å². The van der Waals surface area contributed by atoms with Crippen LogP contribution in [0.25, 0.3) is 110 Å². The number of nitrogens with zero attached hydrogens (tertiary/aromatic N) is 3. The predicted molar refractivity (Wildman–Crippen MR) is 226 cm³/mol. The second-order valence-corrected chi connectivity index (χ2v) is 14.0. The lowest BCUT2D eigenvalue weighted by Gasteiger charge is -2.16. The van der Waals surface area contributed by atoms with Crippen LogP contribution in [0.4, 0.5) is 0 Å². The standard InChI is InChI=1S/C51H31N3/c1-2-13-39-37(9-1)29-46(42-16-5-4-15-41(39)42)32-18-20-33(21-19-32)47-30-48(43-17-6-3-14-40(43)38-12-8-28-52-31-38)54-51(53-47)45-27-25-36-23-22-34-10-7-11-35-24-26-44(45)50(36)49(34)35/h1-31H. The summed E-state index contributed by atoms with van der Waals surface area (Å²) in [5.74, 6) is 0.700. The molecule has 54 heavy (non-hydrogen) atoms. The predicted octanol–water partition coefficient (Wildman–Crippen LogP) is 13.4. The van der Waals surface area contributed by atoms with Crippen molar-refractivity contribution in [2.75, 3.05) is 0 Å². The summed E-state index contributed by atoms with van der Waals surface area (Å²) in [5.41, 5.74) is 9.34. The molecule has 0 N–H and O–H groups in total. The van der Waals surface area contributed by atoms with Gasteiger partial charge in [0, 0.05) is 34.6 Å². The number of aromatic nitrogens is 3. The van der Waals surface area contributed by atoms with Crippen LogP contribution in [0, 0.1) is 0 Å². The normalized spacial score (nSPS) is 11.7. The Morgan fingerprint density at radius 3 is 1.78 bits per heavy atom. The Balaban J connectivity index is 1.12. The fourth-order valence-electron chi connectivity index (χ4n) is 8.38. The second kappa shape index (κ2) is 12.2. The quantitative estimate of drug-likeness (QED) is 0.169. The van der Waals surface area contributed by atoms with E-state index in [0.29, 0.717) is 5.82 Å². The van der Waals surface area contributed by atoms with E-state index in [2.05, 4.69) is 175 Å². The molecule has 3 heteroatoms. The zero-order valence-corrected chi connectivity index (χ0v) is 29.2. The van der Waals surface area contributed by atoms with Gasteiger partial charge < -0.3 is 0 Å². The lowest BCUT2D eigenvalue weighted by molar-refractivity contribution is 1.19. The van der Waals surface area contributed by atoms with Crippen molar-refractivity contribution < 1.29 is 0 Å². The highest BCUT2D eigenvalue weighted by Gasteiger charge is 2.18. The molecule has 0 spiro atoms. The highest BCUT2D eigenvalue weighted by molar-refractivity contribution is 6.25. The van der Waals surface area contributed by atoms with Crippen LogP contribution < -0.4 is 0 Å². The molecule has 11 rings (SSSR count). The van der Waals surface area contributed by atoms with E-state index in [9.17, 15) is 0 Å². The summed E-state index contributed by atoms with van der Waals surface area (Å²) < 4.78 is 0. The summed E-state index contributed by atoms with van der Waals surface area (Å²) in [4.78, 5) is 15.2. The van der Waals surface area contributed by atoms with Gasteiger partial charge in [-0.05, 0) is 94.8 Å². The third-order valence-corrected chi connectivity index (χ3v) is 10.9. The fraction of sp³-hybridized carbons (Fsp3) is 0. The van der Waals surface area contributed by atoms with E-state index >= 15 is 0 Å². The maximum Gasteiger partial charge on any atom is 0.161 e. The van der Waals surface area contributed by atoms with Crippen LogP contribution in [-0.4, -0.2) is 15.0 Å². The molecule has 3 nitrogen and oxygen atoms in total. The molecule has 0 aliphatic heterocycles. The molecule has 2 aromatic heterocycles. The highest BCUT2D eigenvalue weighted by atomic mass is 14.9. The molecular weight excluding hydrogens is 655 g/mol. The zero-order valence-electron chi connectivity index (χ0n) is 29.2. The number of benzene rings is 9. The zero-order chi connectivity index (χ0) is 35.6. The Morgan fingerprint density at radius 1 is 0.315 bits per heavy atom. The maximum absolute atomic E-state index is 5.36. The van der Waals surface area contributed by atoms with Gasteiger partial charge in [-0.2, -0.15) is 0 Å². The first-order chi connectivity index (χ1) is 26.8. The molecule has 250 valence electrons. The molecule has 0 radical (unpaired) electrons. The van der Waals surface area contributed by atoms with Crippen molar-refractivity contribution in [2.24, 2.45) is 0 Å². The molecule has 0 saturated heterocycles. The SMILES string of the molecule is c1cncc(-c2ccccc2-c2cc(-c3ccc(-c4cc5ccccc5c5ccccc45)cc3)nc(-c3ccc4ccc5cccc6ccc3c4c56)n2)c1.